The largest absolute Gasteiger partial charge is 0.343 e. The zero-order chi connectivity index (χ0) is 21.6. The fraction of sp³-hybridized carbons (Fsp3) is 0.115. The molecule has 1 aromatic heterocycles. The number of amides is 2. The number of aromatic nitrogens is 1. The summed E-state index contributed by atoms with van der Waals surface area (Å²) in [5, 5.41) is 7.53. The lowest BCUT2D eigenvalue weighted by molar-refractivity contribution is -0.123. The molecule has 31 heavy (non-hydrogen) atoms. The summed E-state index contributed by atoms with van der Waals surface area (Å²) in [7, 11) is 0. The molecule has 0 fully saturated rings. The molecule has 0 spiro atoms. The van der Waals surface area contributed by atoms with E-state index in [9.17, 15) is 9.59 Å². The number of carbonyl (C=O) groups is 2. The predicted octanol–water partition coefficient (Wildman–Crippen LogP) is 4.26. The highest BCUT2D eigenvalue weighted by atomic mass is 16.2. The Morgan fingerprint density at radius 2 is 1.32 bits per heavy atom. The van der Waals surface area contributed by atoms with Gasteiger partial charge in [-0.2, -0.15) is 0 Å². The number of pyridine rings is 1. The number of hydrogen-bond donors (Lipinski definition) is 2. The van der Waals surface area contributed by atoms with Crippen molar-refractivity contribution in [3.63, 3.8) is 0 Å². The second-order valence-corrected chi connectivity index (χ2v) is 7.34. The van der Waals surface area contributed by atoms with Crippen molar-refractivity contribution in [3.8, 4) is 0 Å². The number of fused-ring (bicyclic) bond motifs is 1. The predicted molar refractivity (Wildman–Crippen MR) is 122 cm³/mol. The van der Waals surface area contributed by atoms with Gasteiger partial charge in [-0.3, -0.25) is 14.6 Å². The lowest BCUT2D eigenvalue weighted by Crippen LogP contribution is -2.46. The smallest absolute Gasteiger partial charge is 0.271 e. The standard InChI is InChI=1S/C26H23N3O2/c1-18(28-26(31)24-22-15-9-8-10-19(22)16-17-27-24)25(30)29-23(20-11-4-2-5-12-20)21-13-6-3-7-14-21/h2-18,23H,1H3,(H,28,31)(H,29,30)/t18-/m0/s1. The Bertz CT molecular complexity index is 1150. The lowest BCUT2D eigenvalue weighted by Gasteiger charge is -2.22. The fourth-order valence-electron chi connectivity index (χ4n) is 3.55. The summed E-state index contributed by atoms with van der Waals surface area (Å²) in [5.41, 5.74) is 2.24. The average molecular weight is 409 g/mol. The third-order valence-electron chi connectivity index (χ3n) is 5.18. The molecule has 0 aliphatic heterocycles. The van der Waals surface area contributed by atoms with Crippen molar-refractivity contribution in [2.75, 3.05) is 0 Å². The summed E-state index contributed by atoms with van der Waals surface area (Å²) >= 11 is 0. The average Bonchev–Trinajstić information content (AvgIpc) is 2.83. The van der Waals surface area contributed by atoms with E-state index in [4.69, 9.17) is 0 Å². The third-order valence-corrected chi connectivity index (χ3v) is 5.18. The highest BCUT2D eigenvalue weighted by molar-refractivity contribution is 6.06. The van der Waals surface area contributed by atoms with Crippen LogP contribution >= 0.6 is 0 Å². The second kappa shape index (κ2) is 9.22. The van der Waals surface area contributed by atoms with Gasteiger partial charge in [0.05, 0.1) is 6.04 Å². The summed E-state index contributed by atoms with van der Waals surface area (Å²) in [6.45, 7) is 1.67. The maximum atomic E-state index is 13.0. The number of carbonyl (C=O) groups excluding carboxylic acids is 2. The Kier molecular flexibility index (Phi) is 6.03. The Morgan fingerprint density at radius 3 is 1.97 bits per heavy atom. The third kappa shape index (κ3) is 4.61. The van der Waals surface area contributed by atoms with Gasteiger partial charge in [0, 0.05) is 11.6 Å². The van der Waals surface area contributed by atoms with E-state index < -0.39 is 6.04 Å². The van der Waals surface area contributed by atoms with Crippen molar-refractivity contribution < 1.29 is 9.59 Å². The van der Waals surface area contributed by atoms with Crippen LogP contribution < -0.4 is 10.6 Å². The minimum absolute atomic E-state index is 0.272. The van der Waals surface area contributed by atoms with Gasteiger partial charge in [-0.1, -0.05) is 84.9 Å². The van der Waals surface area contributed by atoms with Crippen LogP contribution in [0.15, 0.2) is 97.2 Å². The van der Waals surface area contributed by atoms with Crippen molar-refractivity contribution in [2.45, 2.75) is 19.0 Å². The summed E-state index contributed by atoms with van der Waals surface area (Å²) in [6.07, 6.45) is 1.60. The molecule has 4 rings (SSSR count). The number of nitrogens with zero attached hydrogens (tertiary/aromatic N) is 1. The summed E-state index contributed by atoms with van der Waals surface area (Å²) in [6, 6.07) is 27.9. The van der Waals surface area contributed by atoms with E-state index in [1.165, 1.54) is 0 Å². The van der Waals surface area contributed by atoms with Gasteiger partial charge in [-0.05, 0) is 29.5 Å². The molecule has 0 aliphatic rings. The number of rotatable bonds is 6. The number of benzene rings is 3. The molecule has 0 aliphatic carbocycles. The molecule has 1 heterocycles. The fourth-order valence-corrected chi connectivity index (χ4v) is 3.55. The van der Waals surface area contributed by atoms with E-state index in [2.05, 4.69) is 15.6 Å². The van der Waals surface area contributed by atoms with Crippen molar-refractivity contribution in [1.29, 1.82) is 0 Å². The zero-order valence-corrected chi connectivity index (χ0v) is 17.2. The van der Waals surface area contributed by atoms with E-state index in [1.807, 2.05) is 91.0 Å². The van der Waals surface area contributed by atoms with Gasteiger partial charge < -0.3 is 10.6 Å². The molecular weight excluding hydrogens is 386 g/mol. The first-order valence-corrected chi connectivity index (χ1v) is 10.2. The maximum absolute atomic E-state index is 13.0. The van der Waals surface area contributed by atoms with E-state index in [0.717, 1.165) is 21.9 Å². The second-order valence-electron chi connectivity index (χ2n) is 7.34. The van der Waals surface area contributed by atoms with Crippen molar-refractivity contribution in [1.82, 2.24) is 15.6 Å². The van der Waals surface area contributed by atoms with Crippen LogP contribution in [0.2, 0.25) is 0 Å². The van der Waals surface area contributed by atoms with Gasteiger partial charge in [0.25, 0.3) is 5.91 Å². The molecule has 2 N–H and O–H groups in total. The van der Waals surface area contributed by atoms with Crippen LogP contribution in [0.4, 0.5) is 0 Å². The van der Waals surface area contributed by atoms with Crippen LogP contribution in [0, 0.1) is 0 Å². The normalized spacial score (nSPS) is 11.8. The van der Waals surface area contributed by atoms with Crippen molar-refractivity contribution in [2.24, 2.45) is 0 Å². The first-order valence-electron chi connectivity index (χ1n) is 10.2. The van der Waals surface area contributed by atoms with E-state index in [0.29, 0.717) is 5.69 Å². The summed E-state index contributed by atoms with van der Waals surface area (Å²) in [5.74, 6) is -0.651. The molecule has 0 bridgehead atoms. The molecule has 0 radical (unpaired) electrons. The Hall–Kier alpha value is -3.99. The molecular formula is C26H23N3O2. The maximum Gasteiger partial charge on any atom is 0.271 e. The Morgan fingerprint density at radius 1 is 0.742 bits per heavy atom. The number of hydrogen-bond acceptors (Lipinski definition) is 3. The molecule has 0 saturated heterocycles. The zero-order valence-electron chi connectivity index (χ0n) is 17.2. The molecule has 4 aromatic rings. The Labute approximate surface area is 181 Å². The topological polar surface area (TPSA) is 71.1 Å². The molecule has 0 saturated carbocycles. The van der Waals surface area contributed by atoms with Crippen molar-refractivity contribution in [3.05, 3.63) is 114 Å². The van der Waals surface area contributed by atoms with Gasteiger partial charge in [0.15, 0.2) is 0 Å². The van der Waals surface area contributed by atoms with Crippen LogP contribution in [0.1, 0.15) is 34.6 Å². The van der Waals surface area contributed by atoms with Gasteiger partial charge >= 0.3 is 0 Å². The van der Waals surface area contributed by atoms with Crippen LogP contribution in [-0.4, -0.2) is 22.8 Å². The van der Waals surface area contributed by atoms with Gasteiger partial charge in [0.2, 0.25) is 5.91 Å². The Balaban J connectivity index is 1.52. The minimum Gasteiger partial charge on any atom is -0.343 e. The first kappa shape index (κ1) is 20.3. The molecule has 5 heteroatoms. The summed E-state index contributed by atoms with van der Waals surface area (Å²) in [4.78, 5) is 30.1. The van der Waals surface area contributed by atoms with Crippen LogP contribution in [0.3, 0.4) is 0 Å². The van der Waals surface area contributed by atoms with Gasteiger partial charge in [-0.25, -0.2) is 0 Å². The van der Waals surface area contributed by atoms with Crippen LogP contribution in [0.5, 0.6) is 0 Å². The lowest BCUT2D eigenvalue weighted by atomic mass is 9.98. The highest BCUT2D eigenvalue weighted by Gasteiger charge is 2.23. The SMILES string of the molecule is C[C@H](NC(=O)c1nccc2ccccc12)C(=O)NC(c1ccccc1)c1ccccc1. The van der Waals surface area contributed by atoms with Crippen LogP contribution in [0.25, 0.3) is 10.8 Å². The monoisotopic (exact) mass is 409 g/mol. The van der Waals surface area contributed by atoms with E-state index >= 15 is 0 Å². The molecule has 0 unspecified atom stereocenters. The number of nitrogens with one attached hydrogen (secondary N) is 2. The highest BCUT2D eigenvalue weighted by Crippen LogP contribution is 2.22. The molecule has 1 atom stereocenters. The molecule has 5 nitrogen and oxygen atoms in total. The van der Waals surface area contributed by atoms with Crippen molar-refractivity contribution >= 4 is 22.6 Å². The van der Waals surface area contributed by atoms with Crippen LogP contribution in [-0.2, 0) is 4.79 Å². The van der Waals surface area contributed by atoms with Gasteiger partial charge in [-0.15, -0.1) is 0 Å². The first-order chi connectivity index (χ1) is 15.1. The molecule has 3 aromatic carbocycles. The van der Waals surface area contributed by atoms with E-state index in [1.54, 1.807) is 13.1 Å². The molecule has 154 valence electrons. The van der Waals surface area contributed by atoms with Gasteiger partial charge in [0.1, 0.15) is 11.7 Å². The quantitative estimate of drug-likeness (QED) is 0.500. The summed E-state index contributed by atoms with van der Waals surface area (Å²) < 4.78 is 0. The minimum atomic E-state index is -0.733. The van der Waals surface area contributed by atoms with E-state index in [-0.39, 0.29) is 17.9 Å². The molecule has 2 amide bonds.